The molecule has 0 spiro atoms. The van der Waals surface area contributed by atoms with Gasteiger partial charge in [0.1, 0.15) is 0 Å². The SMILES string of the molecule is CC(C)CCN(C(=O)c1cn[nH]n1)C1CCCC1. The van der Waals surface area contributed by atoms with E-state index in [9.17, 15) is 4.79 Å². The zero-order chi connectivity index (χ0) is 13.0. The van der Waals surface area contributed by atoms with Crippen LogP contribution in [0.4, 0.5) is 0 Å². The molecule has 0 aliphatic heterocycles. The molecular formula is C13H22N4O. The highest BCUT2D eigenvalue weighted by Crippen LogP contribution is 2.25. The van der Waals surface area contributed by atoms with Crippen LogP contribution in [0.1, 0.15) is 56.4 Å². The number of nitrogens with zero attached hydrogens (tertiary/aromatic N) is 3. The van der Waals surface area contributed by atoms with Crippen molar-refractivity contribution in [1.29, 1.82) is 0 Å². The Hall–Kier alpha value is -1.39. The Kier molecular flexibility index (Phi) is 4.33. The second-order valence-electron chi connectivity index (χ2n) is 5.47. The summed E-state index contributed by atoms with van der Waals surface area (Å²) in [5.74, 6) is 0.635. The maximum absolute atomic E-state index is 12.4. The van der Waals surface area contributed by atoms with Crippen molar-refractivity contribution in [3.05, 3.63) is 11.9 Å². The summed E-state index contributed by atoms with van der Waals surface area (Å²) in [4.78, 5) is 14.4. The van der Waals surface area contributed by atoms with Crippen molar-refractivity contribution in [2.75, 3.05) is 6.54 Å². The lowest BCUT2D eigenvalue weighted by molar-refractivity contribution is 0.0665. The van der Waals surface area contributed by atoms with Crippen molar-refractivity contribution in [1.82, 2.24) is 20.3 Å². The molecule has 1 amide bonds. The summed E-state index contributed by atoms with van der Waals surface area (Å²) in [6.07, 6.45) is 7.27. The number of carbonyl (C=O) groups is 1. The monoisotopic (exact) mass is 250 g/mol. The van der Waals surface area contributed by atoms with Gasteiger partial charge in [-0.25, -0.2) is 0 Å². The Bertz CT molecular complexity index is 368. The molecule has 1 heterocycles. The highest BCUT2D eigenvalue weighted by atomic mass is 16.2. The molecule has 0 bridgehead atoms. The molecule has 1 N–H and O–H groups in total. The molecule has 1 fully saturated rings. The fourth-order valence-corrected chi connectivity index (χ4v) is 2.51. The van der Waals surface area contributed by atoms with Crippen LogP contribution in [0.2, 0.25) is 0 Å². The van der Waals surface area contributed by atoms with Gasteiger partial charge >= 0.3 is 0 Å². The maximum Gasteiger partial charge on any atom is 0.276 e. The minimum atomic E-state index is 0.0244. The second kappa shape index (κ2) is 5.98. The standard InChI is InChI=1S/C13H22N4O/c1-10(2)7-8-17(11-5-3-4-6-11)13(18)12-9-14-16-15-12/h9-11H,3-8H2,1-2H3,(H,14,15,16). The first-order valence-electron chi connectivity index (χ1n) is 6.85. The first kappa shape index (κ1) is 13.1. The van der Waals surface area contributed by atoms with Crippen LogP contribution in [0, 0.1) is 5.92 Å². The van der Waals surface area contributed by atoms with Gasteiger partial charge in [-0.1, -0.05) is 26.7 Å². The number of aromatic amines is 1. The van der Waals surface area contributed by atoms with Gasteiger partial charge in [-0.15, -0.1) is 0 Å². The van der Waals surface area contributed by atoms with Gasteiger partial charge in [-0.05, 0) is 25.2 Å². The normalized spacial score (nSPS) is 16.4. The Morgan fingerprint density at radius 1 is 1.50 bits per heavy atom. The van der Waals surface area contributed by atoms with Gasteiger partial charge in [-0.3, -0.25) is 4.79 Å². The predicted octanol–water partition coefficient (Wildman–Crippen LogP) is 2.24. The minimum absolute atomic E-state index is 0.0244. The molecule has 0 atom stereocenters. The smallest absolute Gasteiger partial charge is 0.276 e. The van der Waals surface area contributed by atoms with Gasteiger partial charge in [0.05, 0.1) is 6.20 Å². The summed E-state index contributed by atoms with van der Waals surface area (Å²) < 4.78 is 0. The Morgan fingerprint density at radius 2 is 2.22 bits per heavy atom. The summed E-state index contributed by atoms with van der Waals surface area (Å²) in [6.45, 7) is 5.20. The van der Waals surface area contributed by atoms with E-state index in [-0.39, 0.29) is 5.91 Å². The molecule has 1 aliphatic rings. The average Bonchev–Trinajstić information content (AvgIpc) is 3.01. The van der Waals surface area contributed by atoms with E-state index in [0.29, 0.717) is 17.7 Å². The van der Waals surface area contributed by atoms with Crippen LogP contribution in [-0.4, -0.2) is 38.8 Å². The first-order chi connectivity index (χ1) is 8.68. The van der Waals surface area contributed by atoms with E-state index in [1.54, 1.807) is 0 Å². The van der Waals surface area contributed by atoms with Crippen LogP contribution >= 0.6 is 0 Å². The Morgan fingerprint density at radius 3 is 2.78 bits per heavy atom. The Labute approximate surface area is 108 Å². The molecule has 2 rings (SSSR count). The van der Waals surface area contributed by atoms with Crippen molar-refractivity contribution in [3.63, 3.8) is 0 Å². The summed E-state index contributed by atoms with van der Waals surface area (Å²) in [7, 11) is 0. The summed E-state index contributed by atoms with van der Waals surface area (Å²) >= 11 is 0. The van der Waals surface area contributed by atoms with Crippen LogP contribution in [0.25, 0.3) is 0 Å². The lowest BCUT2D eigenvalue weighted by atomic mass is 10.1. The van der Waals surface area contributed by atoms with Gasteiger partial charge in [0.2, 0.25) is 0 Å². The van der Waals surface area contributed by atoms with Crippen LogP contribution in [0.15, 0.2) is 6.20 Å². The van der Waals surface area contributed by atoms with E-state index in [2.05, 4.69) is 29.3 Å². The lowest BCUT2D eigenvalue weighted by Crippen LogP contribution is -2.40. The highest BCUT2D eigenvalue weighted by Gasteiger charge is 2.28. The zero-order valence-electron chi connectivity index (χ0n) is 11.2. The van der Waals surface area contributed by atoms with E-state index in [1.807, 2.05) is 4.90 Å². The third kappa shape index (κ3) is 3.09. The van der Waals surface area contributed by atoms with Crippen molar-refractivity contribution in [2.24, 2.45) is 5.92 Å². The molecule has 0 aromatic carbocycles. The number of nitrogens with one attached hydrogen (secondary N) is 1. The van der Waals surface area contributed by atoms with Crippen LogP contribution in [-0.2, 0) is 0 Å². The summed E-state index contributed by atoms with van der Waals surface area (Å²) in [5.41, 5.74) is 0.436. The van der Waals surface area contributed by atoms with Crippen molar-refractivity contribution in [3.8, 4) is 0 Å². The summed E-state index contributed by atoms with van der Waals surface area (Å²) in [6, 6.07) is 0.396. The van der Waals surface area contributed by atoms with E-state index in [1.165, 1.54) is 19.0 Å². The number of carbonyl (C=O) groups excluding carboxylic acids is 1. The number of hydrogen-bond acceptors (Lipinski definition) is 3. The van der Waals surface area contributed by atoms with Crippen LogP contribution < -0.4 is 0 Å². The van der Waals surface area contributed by atoms with Crippen molar-refractivity contribution >= 4 is 5.91 Å². The molecule has 0 saturated heterocycles. The second-order valence-corrected chi connectivity index (χ2v) is 5.47. The topological polar surface area (TPSA) is 61.9 Å². The van der Waals surface area contributed by atoms with E-state index in [0.717, 1.165) is 25.8 Å². The molecule has 1 aromatic rings. The number of amides is 1. The third-order valence-corrected chi connectivity index (χ3v) is 3.61. The fourth-order valence-electron chi connectivity index (χ4n) is 2.51. The number of rotatable bonds is 5. The molecule has 5 heteroatoms. The quantitative estimate of drug-likeness (QED) is 0.871. The molecule has 5 nitrogen and oxygen atoms in total. The molecule has 18 heavy (non-hydrogen) atoms. The van der Waals surface area contributed by atoms with Gasteiger partial charge in [-0.2, -0.15) is 15.4 Å². The Balaban J connectivity index is 2.05. The number of hydrogen-bond donors (Lipinski definition) is 1. The molecule has 1 aliphatic carbocycles. The molecule has 0 radical (unpaired) electrons. The lowest BCUT2D eigenvalue weighted by Gasteiger charge is -2.29. The van der Waals surface area contributed by atoms with Crippen molar-refractivity contribution in [2.45, 2.75) is 52.0 Å². The van der Waals surface area contributed by atoms with E-state index in [4.69, 9.17) is 0 Å². The largest absolute Gasteiger partial charge is 0.334 e. The highest BCUT2D eigenvalue weighted by molar-refractivity contribution is 5.92. The first-order valence-corrected chi connectivity index (χ1v) is 6.85. The number of aromatic nitrogens is 3. The predicted molar refractivity (Wildman–Crippen MR) is 69.1 cm³/mol. The van der Waals surface area contributed by atoms with Gasteiger partial charge < -0.3 is 4.90 Å². The van der Waals surface area contributed by atoms with E-state index < -0.39 is 0 Å². The molecule has 0 unspecified atom stereocenters. The average molecular weight is 250 g/mol. The third-order valence-electron chi connectivity index (χ3n) is 3.61. The van der Waals surface area contributed by atoms with E-state index >= 15 is 0 Å². The zero-order valence-corrected chi connectivity index (χ0v) is 11.2. The van der Waals surface area contributed by atoms with Crippen molar-refractivity contribution < 1.29 is 4.79 Å². The van der Waals surface area contributed by atoms with Gasteiger partial charge in [0.15, 0.2) is 5.69 Å². The van der Waals surface area contributed by atoms with Gasteiger partial charge in [0, 0.05) is 12.6 Å². The van der Waals surface area contributed by atoms with Gasteiger partial charge in [0.25, 0.3) is 5.91 Å². The molecule has 1 saturated carbocycles. The maximum atomic E-state index is 12.4. The summed E-state index contributed by atoms with van der Waals surface area (Å²) in [5, 5.41) is 10.1. The molecule has 1 aromatic heterocycles. The van der Waals surface area contributed by atoms with Crippen LogP contribution in [0.5, 0.6) is 0 Å². The minimum Gasteiger partial charge on any atom is -0.334 e. The fraction of sp³-hybridized carbons (Fsp3) is 0.769. The molecular weight excluding hydrogens is 228 g/mol. The van der Waals surface area contributed by atoms with Crippen LogP contribution in [0.3, 0.4) is 0 Å². The molecule has 100 valence electrons. The number of H-pyrrole nitrogens is 1.